The second-order valence-corrected chi connectivity index (χ2v) is 8.37. The molecule has 2 rings (SSSR count). The van der Waals surface area contributed by atoms with Crippen LogP contribution >= 0.6 is 11.8 Å². The van der Waals surface area contributed by atoms with Crippen LogP contribution in [0.3, 0.4) is 0 Å². The Morgan fingerprint density at radius 1 is 1.27 bits per heavy atom. The Labute approximate surface area is 161 Å². The number of rotatable bonds is 8. The smallest absolute Gasteiger partial charge is 0.233 e. The van der Waals surface area contributed by atoms with Crippen molar-refractivity contribution in [3.63, 3.8) is 0 Å². The molecule has 1 aliphatic rings. The van der Waals surface area contributed by atoms with Gasteiger partial charge in [-0.3, -0.25) is 9.59 Å². The zero-order chi connectivity index (χ0) is 19.3. The van der Waals surface area contributed by atoms with E-state index in [1.807, 2.05) is 47.9 Å². The molecule has 0 spiro atoms. The first kappa shape index (κ1) is 20.6. The third kappa shape index (κ3) is 5.16. The summed E-state index contributed by atoms with van der Waals surface area (Å²) in [6.45, 7) is 9.29. The van der Waals surface area contributed by atoms with Gasteiger partial charge in [-0.2, -0.15) is 0 Å². The summed E-state index contributed by atoms with van der Waals surface area (Å²) in [5, 5.41) is 0.00243. The van der Waals surface area contributed by atoms with Gasteiger partial charge in [-0.05, 0) is 37.5 Å². The zero-order valence-corrected chi connectivity index (χ0v) is 17.2. The van der Waals surface area contributed by atoms with E-state index in [0.29, 0.717) is 31.2 Å². The van der Waals surface area contributed by atoms with Gasteiger partial charge in [0, 0.05) is 25.6 Å². The summed E-state index contributed by atoms with van der Waals surface area (Å²) in [7, 11) is 1.64. The molecule has 1 unspecified atom stereocenters. The van der Waals surface area contributed by atoms with Crippen LogP contribution in [0.25, 0.3) is 0 Å². The van der Waals surface area contributed by atoms with Crippen molar-refractivity contribution in [2.45, 2.75) is 45.5 Å². The molecule has 0 radical (unpaired) electrons. The van der Waals surface area contributed by atoms with Gasteiger partial charge in [0.15, 0.2) is 0 Å². The van der Waals surface area contributed by atoms with E-state index in [4.69, 9.17) is 4.74 Å². The molecule has 0 bridgehead atoms. The summed E-state index contributed by atoms with van der Waals surface area (Å²) in [5.41, 5.74) is 1.09. The Morgan fingerprint density at radius 2 is 1.92 bits per heavy atom. The standard InChI is InChI=1S/C20H30N2O3S/c1-14(2)12-18(23)21(15(3)4)10-11-22-19(24)13-26-20(22)16-6-8-17(25-5)9-7-16/h6-9,14-15,20H,10-13H2,1-5H3. The molecule has 0 N–H and O–H groups in total. The summed E-state index contributed by atoms with van der Waals surface area (Å²) in [4.78, 5) is 28.7. The van der Waals surface area contributed by atoms with E-state index in [0.717, 1.165) is 11.3 Å². The molecule has 1 atom stereocenters. The average Bonchev–Trinajstić information content (AvgIpc) is 2.95. The largest absolute Gasteiger partial charge is 0.497 e. The SMILES string of the molecule is COc1ccc(C2SCC(=O)N2CCN(C(=O)CC(C)C)C(C)C)cc1. The summed E-state index contributed by atoms with van der Waals surface area (Å²) >= 11 is 1.64. The maximum atomic E-state index is 12.5. The van der Waals surface area contributed by atoms with E-state index >= 15 is 0 Å². The quantitative estimate of drug-likeness (QED) is 0.694. The lowest BCUT2D eigenvalue weighted by atomic mass is 10.1. The highest BCUT2D eigenvalue weighted by molar-refractivity contribution is 8.00. The molecule has 1 heterocycles. The Balaban J connectivity index is 2.06. The molecule has 26 heavy (non-hydrogen) atoms. The predicted octanol–water partition coefficient (Wildman–Crippen LogP) is 3.55. The number of hydrogen-bond donors (Lipinski definition) is 0. The molecule has 1 fully saturated rings. The molecular formula is C20H30N2O3S. The highest BCUT2D eigenvalue weighted by atomic mass is 32.2. The van der Waals surface area contributed by atoms with E-state index in [9.17, 15) is 9.59 Å². The minimum atomic E-state index is 0.00243. The fourth-order valence-corrected chi connectivity index (χ4v) is 4.31. The molecule has 1 aliphatic heterocycles. The molecule has 1 saturated heterocycles. The van der Waals surface area contributed by atoms with Crippen LogP contribution < -0.4 is 4.74 Å². The van der Waals surface area contributed by atoms with Crippen molar-refractivity contribution in [1.82, 2.24) is 9.80 Å². The molecule has 1 aromatic rings. The number of carbonyl (C=O) groups is 2. The van der Waals surface area contributed by atoms with Gasteiger partial charge in [-0.15, -0.1) is 11.8 Å². The summed E-state index contributed by atoms with van der Waals surface area (Å²) in [6, 6.07) is 7.98. The van der Waals surface area contributed by atoms with Gasteiger partial charge in [-0.1, -0.05) is 26.0 Å². The molecule has 0 aromatic heterocycles. The van der Waals surface area contributed by atoms with Crippen LogP contribution in [0.4, 0.5) is 0 Å². The van der Waals surface area contributed by atoms with E-state index in [-0.39, 0.29) is 23.2 Å². The Hall–Kier alpha value is -1.69. The van der Waals surface area contributed by atoms with E-state index in [1.54, 1.807) is 18.9 Å². The first-order chi connectivity index (χ1) is 12.3. The Bertz CT molecular complexity index is 616. The number of benzene rings is 1. The first-order valence-electron chi connectivity index (χ1n) is 9.18. The number of methoxy groups -OCH3 is 1. The summed E-state index contributed by atoms with van der Waals surface area (Å²) in [6.07, 6.45) is 0.544. The van der Waals surface area contributed by atoms with E-state index < -0.39 is 0 Å². The fraction of sp³-hybridized carbons (Fsp3) is 0.600. The average molecular weight is 379 g/mol. The van der Waals surface area contributed by atoms with Crippen molar-refractivity contribution < 1.29 is 14.3 Å². The molecule has 0 aliphatic carbocycles. The number of nitrogens with zero attached hydrogens (tertiary/aromatic N) is 2. The number of hydrogen-bond acceptors (Lipinski definition) is 4. The molecular weight excluding hydrogens is 348 g/mol. The van der Waals surface area contributed by atoms with Crippen molar-refractivity contribution in [2.75, 3.05) is 26.0 Å². The highest BCUT2D eigenvalue weighted by Gasteiger charge is 2.33. The van der Waals surface area contributed by atoms with Crippen LogP contribution in [0.1, 0.15) is 45.1 Å². The van der Waals surface area contributed by atoms with Crippen LogP contribution in [0.2, 0.25) is 0 Å². The minimum absolute atomic E-state index is 0.00243. The maximum absolute atomic E-state index is 12.5. The maximum Gasteiger partial charge on any atom is 0.233 e. The molecule has 0 saturated carbocycles. The van der Waals surface area contributed by atoms with Crippen molar-refractivity contribution in [2.24, 2.45) is 5.92 Å². The second kappa shape index (κ2) is 9.31. The predicted molar refractivity (Wildman–Crippen MR) is 106 cm³/mol. The third-order valence-electron chi connectivity index (χ3n) is 4.48. The second-order valence-electron chi connectivity index (χ2n) is 7.30. The monoisotopic (exact) mass is 378 g/mol. The molecule has 1 aromatic carbocycles. The Morgan fingerprint density at radius 3 is 2.46 bits per heavy atom. The lowest BCUT2D eigenvalue weighted by Crippen LogP contribution is -2.43. The fourth-order valence-electron chi connectivity index (χ4n) is 3.09. The Kier molecular flexibility index (Phi) is 7.38. The van der Waals surface area contributed by atoms with Crippen LogP contribution in [-0.4, -0.2) is 53.6 Å². The van der Waals surface area contributed by atoms with E-state index in [1.165, 1.54) is 0 Å². The van der Waals surface area contributed by atoms with Gasteiger partial charge in [0.05, 0.1) is 12.9 Å². The molecule has 144 valence electrons. The molecule has 6 heteroatoms. The van der Waals surface area contributed by atoms with Gasteiger partial charge < -0.3 is 14.5 Å². The van der Waals surface area contributed by atoms with Gasteiger partial charge in [-0.25, -0.2) is 0 Å². The topological polar surface area (TPSA) is 49.9 Å². The minimum Gasteiger partial charge on any atom is -0.497 e. The van der Waals surface area contributed by atoms with Crippen LogP contribution in [0.15, 0.2) is 24.3 Å². The number of thioether (sulfide) groups is 1. The number of carbonyl (C=O) groups excluding carboxylic acids is 2. The van der Waals surface area contributed by atoms with E-state index in [2.05, 4.69) is 13.8 Å². The van der Waals surface area contributed by atoms with Crippen LogP contribution in [0, 0.1) is 5.92 Å². The third-order valence-corrected chi connectivity index (χ3v) is 5.73. The molecule has 5 nitrogen and oxygen atoms in total. The van der Waals surface area contributed by atoms with Crippen LogP contribution in [-0.2, 0) is 9.59 Å². The number of amides is 2. The van der Waals surface area contributed by atoms with Crippen LogP contribution in [0.5, 0.6) is 5.75 Å². The van der Waals surface area contributed by atoms with Crippen molar-refractivity contribution >= 4 is 23.6 Å². The lowest BCUT2D eigenvalue weighted by Gasteiger charge is -2.31. The van der Waals surface area contributed by atoms with Gasteiger partial charge in [0.25, 0.3) is 0 Å². The van der Waals surface area contributed by atoms with Gasteiger partial charge in [0.1, 0.15) is 11.1 Å². The summed E-state index contributed by atoms with van der Waals surface area (Å²) in [5.74, 6) is 1.92. The van der Waals surface area contributed by atoms with Crippen molar-refractivity contribution in [1.29, 1.82) is 0 Å². The number of ether oxygens (including phenoxy) is 1. The zero-order valence-electron chi connectivity index (χ0n) is 16.4. The van der Waals surface area contributed by atoms with Crippen molar-refractivity contribution in [3.05, 3.63) is 29.8 Å². The van der Waals surface area contributed by atoms with Gasteiger partial charge in [0.2, 0.25) is 11.8 Å². The van der Waals surface area contributed by atoms with Crippen molar-refractivity contribution in [3.8, 4) is 5.75 Å². The lowest BCUT2D eigenvalue weighted by molar-refractivity contribution is -0.136. The first-order valence-corrected chi connectivity index (χ1v) is 10.2. The summed E-state index contributed by atoms with van der Waals surface area (Å²) < 4.78 is 5.21. The van der Waals surface area contributed by atoms with Gasteiger partial charge >= 0.3 is 0 Å². The molecule has 2 amide bonds. The normalized spacial score (nSPS) is 17.3. The highest BCUT2D eigenvalue weighted by Crippen LogP contribution is 2.38.